The van der Waals surface area contributed by atoms with Gasteiger partial charge >= 0.3 is 0 Å². The van der Waals surface area contributed by atoms with E-state index in [-0.39, 0.29) is 5.54 Å². The summed E-state index contributed by atoms with van der Waals surface area (Å²) in [6.45, 7) is 8.59. The van der Waals surface area contributed by atoms with Gasteiger partial charge in [0.2, 0.25) is 0 Å². The molecule has 1 spiro atoms. The molecule has 2 aromatic heterocycles. The quantitative estimate of drug-likeness (QED) is 0.683. The number of nitrogens with zero attached hydrogens (tertiary/aromatic N) is 5. The van der Waals surface area contributed by atoms with Crippen molar-refractivity contribution >= 4 is 0 Å². The number of hydrogen-bond acceptors (Lipinski definition) is 4. The van der Waals surface area contributed by atoms with Crippen molar-refractivity contribution in [2.24, 2.45) is 0 Å². The first-order valence-electron chi connectivity index (χ1n) is 10.8. The average molecular weight is 388 g/mol. The monoisotopic (exact) mass is 387 g/mol. The van der Waals surface area contributed by atoms with Crippen molar-refractivity contribution in [3.63, 3.8) is 0 Å². The number of likely N-dealkylation sites (N-methyl/N-ethyl adjacent to an activating group) is 1. The van der Waals surface area contributed by atoms with E-state index in [1.165, 1.54) is 17.1 Å². The molecule has 29 heavy (non-hydrogen) atoms. The molecule has 0 radical (unpaired) electrons. The van der Waals surface area contributed by atoms with Crippen molar-refractivity contribution in [1.29, 1.82) is 0 Å². The van der Waals surface area contributed by atoms with E-state index in [1.807, 2.05) is 12.3 Å². The summed E-state index contributed by atoms with van der Waals surface area (Å²) in [5.41, 5.74) is 3.73. The number of benzene rings is 1. The lowest BCUT2D eigenvalue weighted by atomic mass is 9.83. The summed E-state index contributed by atoms with van der Waals surface area (Å²) < 4.78 is 2.48. The first-order valence-corrected chi connectivity index (χ1v) is 10.8. The van der Waals surface area contributed by atoms with Gasteiger partial charge in [0.15, 0.2) is 0 Å². The lowest BCUT2D eigenvalue weighted by Crippen LogP contribution is -2.57. The molecule has 4 heterocycles. The Bertz CT molecular complexity index is 942. The molecule has 0 amide bonds. The van der Waals surface area contributed by atoms with Crippen LogP contribution in [-0.2, 0) is 18.6 Å². The fourth-order valence-electron chi connectivity index (χ4n) is 5.19. The Morgan fingerprint density at radius 2 is 1.69 bits per heavy atom. The second-order valence-corrected chi connectivity index (χ2v) is 8.19. The number of hydrogen-bond donors (Lipinski definition) is 0. The Kier molecular flexibility index (Phi) is 4.94. The Labute approximate surface area is 173 Å². The molecule has 5 nitrogen and oxygen atoms in total. The lowest BCUT2D eigenvalue weighted by molar-refractivity contribution is -0.00797. The number of fused-ring (bicyclic) bond motifs is 2. The van der Waals surface area contributed by atoms with Crippen LogP contribution in [0.1, 0.15) is 31.3 Å². The van der Waals surface area contributed by atoms with E-state index in [2.05, 4.69) is 74.9 Å². The van der Waals surface area contributed by atoms with Gasteiger partial charge in [-0.15, -0.1) is 0 Å². The van der Waals surface area contributed by atoms with Crippen molar-refractivity contribution in [2.45, 2.75) is 38.4 Å². The minimum Gasteiger partial charge on any atom is -0.325 e. The van der Waals surface area contributed by atoms with Crippen molar-refractivity contribution < 1.29 is 0 Å². The highest BCUT2D eigenvalue weighted by atomic mass is 15.3. The largest absolute Gasteiger partial charge is 0.325 e. The summed E-state index contributed by atoms with van der Waals surface area (Å²) in [7, 11) is 0. The Morgan fingerprint density at radius 1 is 0.897 bits per heavy atom. The van der Waals surface area contributed by atoms with E-state index in [0.717, 1.165) is 57.8 Å². The van der Waals surface area contributed by atoms with Crippen molar-refractivity contribution in [3.05, 3.63) is 72.4 Å². The third kappa shape index (κ3) is 3.28. The van der Waals surface area contributed by atoms with Crippen LogP contribution in [0.15, 0.2) is 60.9 Å². The number of rotatable bonds is 4. The molecule has 0 unspecified atom stereocenters. The Hall–Kier alpha value is -2.50. The number of aromatic nitrogens is 3. The zero-order valence-electron chi connectivity index (χ0n) is 17.2. The molecule has 0 aliphatic carbocycles. The molecule has 0 atom stereocenters. The summed E-state index contributed by atoms with van der Waals surface area (Å²) in [5, 5.41) is 0. The van der Waals surface area contributed by atoms with Crippen LogP contribution < -0.4 is 0 Å². The molecule has 1 saturated heterocycles. The first kappa shape index (κ1) is 18.5. The average Bonchev–Trinajstić information content (AvgIpc) is 3.22. The fraction of sp³-hybridized carbons (Fsp3) is 0.417. The smallest absolute Gasteiger partial charge is 0.129 e. The molecule has 0 bridgehead atoms. The van der Waals surface area contributed by atoms with Gasteiger partial charge in [0.05, 0.1) is 23.1 Å². The zero-order chi connectivity index (χ0) is 19.7. The van der Waals surface area contributed by atoms with Crippen LogP contribution in [-0.4, -0.2) is 50.5 Å². The maximum Gasteiger partial charge on any atom is 0.129 e. The maximum atomic E-state index is 5.01. The lowest BCUT2D eigenvalue weighted by Gasteiger charge is -2.50. The topological polar surface area (TPSA) is 37.2 Å². The predicted octanol–water partition coefficient (Wildman–Crippen LogP) is 3.77. The van der Waals surface area contributed by atoms with Crippen LogP contribution in [0.3, 0.4) is 0 Å². The number of piperidine rings is 1. The predicted molar refractivity (Wildman–Crippen MR) is 115 cm³/mol. The molecule has 1 fully saturated rings. The minimum absolute atomic E-state index is 0.0562. The molecular formula is C24H29N5. The van der Waals surface area contributed by atoms with Crippen LogP contribution in [0.2, 0.25) is 0 Å². The standard InChI is InChI=1S/C24H29N5/c1-2-28-16-17-29-22(20-8-4-3-5-9-20)18-26-23(29)24(28)11-14-27(15-12-24)19-21-10-6-7-13-25-21/h3-10,13,18H,2,11-12,14-17,19H2,1H3. The van der Waals surface area contributed by atoms with Gasteiger partial charge in [0, 0.05) is 38.9 Å². The van der Waals surface area contributed by atoms with Crippen LogP contribution >= 0.6 is 0 Å². The van der Waals surface area contributed by atoms with Gasteiger partial charge in [-0.25, -0.2) is 4.98 Å². The summed E-state index contributed by atoms with van der Waals surface area (Å²) in [6, 6.07) is 16.9. The second-order valence-electron chi connectivity index (χ2n) is 8.19. The third-order valence-corrected chi connectivity index (χ3v) is 6.72. The van der Waals surface area contributed by atoms with Gasteiger partial charge in [-0.3, -0.25) is 14.8 Å². The molecule has 5 rings (SSSR count). The van der Waals surface area contributed by atoms with Crippen LogP contribution in [0.25, 0.3) is 11.3 Å². The van der Waals surface area contributed by atoms with E-state index in [9.17, 15) is 0 Å². The number of imidazole rings is 1. The highest BCUT2D eigenvalue weighted by Crippen LogP contribution is 2.42. The van der Waals surface area contributed by atoms with Gasteiger partial charge in [-0.1, -0.05) is 43.3 Å². The molecule has 2 aliphatic rings. The molecule has 0 saturated carbocycles. The highest BCUT2D eigenvalue weighted by Gasteiger charge is 2.46. The van der Waals surface area contributed by atoms with Crippen molar-refractivity contribution in [2.75, 3.05) is 26.2 Å². The van der Waals surface area contributed by atoms with Gasteiger partial charge in [0.25, 0.3) is 0 Å². The van der Waals surface area contributed by atoms with Crippen molar-refractivity contribution in [1.82, 2.24) is 24.3 Å². The number of pyridine rings is 1. The van der Waals surface area contributed by atoms with Gasteiger partial charge in [-0.2, -0.15) is 0 Å². The van der Waals surface area contributed by atoms with Gasteiger partial charge in [-0.05, 0) is 37.1 Å². The molecule has 5 heteroatoms. The van der Waals surface area contributed by atoms with E-state index < -0.39 is 0 Å². The van der Waals surface area contributed by atoms with Gasteiger partial charge < -0.3 is 4.57 Å². The zero-order valence-corrected chi connectivity index (χ0v) is 17.2. The van der Waals surface area contributed by atoms with Crippen LogP contribution in [0, 0.1) is 0 Å². The van der Waals surface area contributed by atoms with E-state index in [4.69, 9.17) is 4.98 Å². The third-order valence-electron chi connectivity index (χ3n) is 6.72. The molecule has 150 valence electrons. The highest BCUT2D eigenvalue weighted by molar-refractivity contribution is 5.59. The first-order chi connectivity index (χ1) is 14.3. The summed E-state index contributed by atoms with van der Waals surface area (Å²) in [4.78, 5) is 14.7. The molecule has 3 aromatic rings. The van der Waals surface area contributed by atoms with Crippen LogP contribution in [0.5, 0.6) is 0 Å². The van der Waals surface area contributed by atoms with E-state index >= 15 is 0 Å². The van der Waals surface area contributed by atoms with E-state index in [0.29, 0.717) is 0 Å². The fourth-order valence-corrected chi connectivity index (χ4v) is 5.19. The maximum absolute atomic E-state index is 5.01. The second kappa shape index (κ2) is 7.73. The molecular weight excluding hydrogens is 358 g/mol. The van der Waals surface area contributed by atoms with E-state index in [1.54, 1.807) is 0 Å². The van der Waals surface area contributed by atoms with Crippen LogP contribution in [0.4, 0.5) is 0 Å². The summed E-state index contributed by atoms with van der Waals surface area (Å²) >= 11 is 0. The van der Waals surface area contributed by atoms with Gasteiger partial charge in [0.1, 0.15) is 5.82 Å². The number of likely N-dealkylation sites (tertiary alicyclic amines) is 1. The Balaban J connectivity index is 1.42. The minimum atomic E-state index is 0.0562. The molecule has 2 aliphatic heterocycles. The Morgan fingerprint density at radius 3 is 2.41 bits per heavy atom. The SMILES string of the molecule is CCN1CCn2c(-c3ccccc3)cnc2C12CCN(Cc1ccccn1)CC2. The summed E-state index contributed by atoms with van der Waals surface area (Å²) in [6.07, 6.45) is 6.23. The normalized spacial score (nSPS) is 19.3. The molecule has 1 aromatic carbocycles. The van der Waals surface area contributed by atoms with Crippen molar-refractivity contribution in [3.8, 4) is 11.3 Å². The summed E-state index contributed by atoms with van der Waals surface area (Å²) in [5.74, 6) is 1.27. The molecule has 0 N–H and O–H groups in total.